The number of rotatable bonds is 6. The number of carbonyl (C=O) groups is 1. The van der Waals surface area contributed by atoms with Crippen molar-refractivity contribution in [2.45, 2.75) is 44.3 Å². The third-order valence-corrected chi connectivity index (χ3v) is 5.05. The summed E-state index contributed by atoms with van der Waals surface area (Å²) in [6.45, 7) is 0. The molecular formula is C20H23F4N5O2. The molecule has 0 radical (unpaired) electrons. The van der Waals surface area contributed by atoms with Crippen molar-refractivity contribution < 1.29 is 27.1 Å². The number of methoxy groups -OCH3 is 1. The first-order chi connectivity index (χ1) is 14.7. The number of anilines is 3. The number of nitrogens with one attached hydrogen (secondary N) is 3. The van der Waals surface area contributed by atoms with Crippen molar-refractivity contribution in [3.05, 3.63) is 35.3 Å². The van der Waals surface area contributed by atoms with Crippen LogP contribution in [0.2, 0.25) is 0 Å². The minimum atomic E-state index is -4.63. The fourth-order valence-electron chi connectivity index (χ4n) is 3.45. The maximum Gasteiger partial charge on any atom is 0.421 e. The standard InChI is InChI=1S/C20H23F4N5O2/c1-25-18(30)12-8-15(16(31-2)9-14(12)21)28-19-26-10-13(20(22,23)24)17(29-19)27-11-6-4-3-5-7-11/h8-11H,3-7H2,1-2H3,(H,25,30)(H2,26,27,28,29). The van der Waals surface area contributed by atoms with Crippen molar-refractivity contribution in [3.8, 4) is 5.75 Å². The molecule has 11 heteroatoms. The van der Waals surface area contributed by atoms with Gasteiger partial charge >= 0.3 is 6.18 Å². The lowest BCUT2D eigenvalue weighted by molar-refractivity contribution is -0.137. The number of nitrogens with zero attached hydrogens (tertiary/aromatic N) is 2. The Bertz CT molecular complexity index is 946. The van der Waals surface area contributed by atoms with Crippen LogP contribution < -0.4 is 20.7 Å². The van der Waals surface area contributed by atoms with E-state index in [2.05, 4.69) is 25.9 Å². The molecule has 1 fully saturated rings. The van der Waals surface area contributed by atoms with E-state index in [1.54, 1.807) is 0 Å². The zero-order valence-corrected chi connectivity index (χ0v) is 17.1. The van der Waals surface area contributed by atoms with E-state index in [-0.39, 0.29) is 34.8 Å². The van der Waals surface area contributed by atoms with Gasteiger partial charge in [-0.3, -0.25) is 4.79 Å². The Morgan fingerprint density at radius 1 is 1.19 bits per heavy atom. The number of aromatic nitrogens is 2. The molecule has 1 saturated carbocycles. The van der Waals surface area contributed by atoms with E-state index < -0.39 is 23.5 Å². The zero-order chi connectivity index (χ0) is 22.6. The first-order valence-corrected chi connectivity index (χ1v) is 9.80. The second kappa shape index (κ2) is 9.36. The van der Waals surface area contributed by atoms with Crippen LogP contribution in [0, 0.1) is 5.82 Å². The molecule has 0 aliphatic heterocycles. The van der Waals surface area contributed by atoms with Gasteiger partial charge < -0.3 is 20.7 Å². The Kier molecular flexibility index (Phi) is 6.81. The molecule has 1 aliphatic carbocycles. The number of benzene rings is 1. The summed E-state index contributed by atoms with van der Waals surface area (Å²) in [5.41, 5.74) is -1.11. The van der Waals surface area contributed by atoms with E-state index in [9.17, 15) is 22.4 Å². The molecule has 2 aromatic rings. The lowest BCUT2D eigenvalue weighted by Crippen LogP contribution is -2.25. The highest BCUT2D eigenvalue weighted by Crippen LogP contribution is 2.36. The molecule has 3 rings (SSSR count). The molecule has 0 bridgehead atoms. The highest BCUT2D eigenvalue weighted by Gasteiger charge is 2.36. The number of amides is 1. The van der Waals surface area contributed by atoms with E-state index in [0.29, 0.717) is 6.20 Å². The monoisotopic (exact) mass is 441 g/mol. The summed E-state index contributed by atoms with van der Waals surface area (Å²) in [6.07, 6.45) is 0.496. The van der Waals surface area contributed by atoms with Crippen LogP contribution in [-0.2, 0) is 6.18 Å². The van der Waals surface area contributed by atoms with E-state index in [1.807, 2.05) is 0 Å². The van der Waals surface area contributed by atoms with Crippen LogP contribution in [0.5, 0.6) is 5.75 Å². The number of alkyl halides is 3. The average molecular weight is 441 g/mol. The molecule has 0 saturated heterocycles. The van der Waals surface area contributed by atoms with Crippen LogP contribution in [0.3, 0.4) is 0 Å². The van der Waals surface area contributed by atoms with Gasteiger partial charge in [0.15, 0.2) is 0 Å². The van der Waals surface area contributed by atoms with E-state index in [1.165, 1.54) is 20.2 Å². The SMILES string of the molecule is CNC(=O)c1cc(Nc2ncc(C(F)(F)F)c(NC3CCCCC3)n2)c(OC)cc1F. The third-order valence-electron chi connectivity index (χ3n) is 5.05. The van der Waals surface area contributed by atoms with Gasteiger partial charge in [0.25, 0.3) is 5.91 Å². The van der Waals surface area contributed by atoms with Gasteiger partial charge in [0.2, 0.25) is 5.95 Å². The summed E-state index contributed by atoms with van der Waals surface area (Å²) < 4.78 is 59.7. The molecule has 168 valence electrons. The van der Waals surface area contributed by atoms with Gasteiger partial charge in [0.1, 0.15) is 22.9 Å². The second-order valence-electron chi connectivity index (χ2n) is 7.17. The van der Waals surface area contributed by atoms with Crippen LogP contribution >= 0.6 is 0 Å². The van der Waals surface area contributed by atoms with Gasteiger partial charge in [-0.1, -0.05) is 19.3 Å². The summed E-state index contributed by atoms with van der Waals surface area (Å²) in [4.78, 5) is 19.7. The largest absolute Gasteiger partial charge is 0.494 e. The van der Waals surface area contributed by atoms with Gasteiger partial charge in [-0.25, -0.2) is 9.37 Å². The van der Waals surface area contributed by atoms with Crippen LogP contribution in [-0.4, -0.2) is 36.1 Å². The number of carbonyl (C=O) groups excluding carboxylic acids is 1. The predicted octanol–water partition coefficient (Wildman–Crippen LogP) is 4.49. The second-order valence-corrected chi connectivity index (χ2v) is 7.17. The Labute approximate surface area is 176 Å². The van der Waals surface area contributed by atoms with Crippen LogP contribution in [0.15, 0.2) is 18.3 Å². The van der Waals surface area contributed by atoms with Crippen LogP contribution in [0.4, 0.5) is 35.0 Å². The molecule has 1 amide bonds. The molecule has 1 aliphatic rings. The van der Waals surface area contributed by atoms with Crippen molar-refractivity contribution in [2.75, 3.05) is 24.8 Å². The smallest absolute Gasteiger partial charge is 0.421 e. The summed E-state index contributed by atoms with van der Waals surface area (Å²) in [6, 6.07) is 2.07. The van der Waals surface area contributed by atoms with E-state index in [4.69, 9.17) is 4.74 Å². The first kappa shape index (κ1) is 22.6. The maximum absolute atomic E-state index is 14.2. The molecule has 31 heavy (non-hydrogen) atoms. The Hall–Kier alpha value is -3.11. The highest BCUT2D eigenvalue weighted by atomic mass is 19.4. The van der Waals surface area contributed by atoms with Gasteiger partial charge in [-0.2, -0.15) is 18.2 Å². The molecule has 7 nitrogen and oxygen atoms in total. The van der Waals surface area contributed by atoms with Gasteiger partial charge in [-0.15, -0.1) is 0 Å². The first-order valence-electron chi connectivity index (χ1n) is 9.80. The highest BCUT2D eigenvalue weighted by molar-refractivity contribution is 5.96. The minimum absolute atomic E-state index is 0.0374. The lowest BCUT2D eigenvalue weighted by atomic mass is 9.95. The minimum Gasteiger partial charge on any atom is -0.494 e. The number of ether oxygens (including phenoxy) is 1. The summed E-state index contributed by atoms with van der Waals surface area (Å²) in [5, 5.41) is 7.93. The fourth-order valence-corrected chi connectivity index (χ4v) is 3.45. The number of halogens is 4. The van der Waals surface area contributed by atoms with Crippen molar-refractivity contribution >= 4 is 23.4 Å². The summed E-state index contributed by atoms with van der Waals surface area (Å²) >= 11 is 0. The Morgan fingerprint density at radius 3 is 2.52 bits per heavy atom. The zero-order valence-electron chi connectivity index (χ0n) is 17.1. The molecule has 0 spiro atoms. The van der Waals surface area contributed by atoms with Crippen molar-refractivity contribution in [3.63, 3.8) is 0 Å². The van der Waals surface area contributed by atoms with Gasteiger partial charge in [-0.05, 0) is 18.9 Å². The third kappa shape index (κ3) is 5.33. The molecular weight excluding hydrogens is 418 g/mol. The van der Waals surface area contributed by atoms with Crippen molar-refractivity contribution in [2.24, 2.45) is 0 Å². The Morgan fingerprint density at radius 2 is 1.90 bits per heavy atom. The van der Waals surface area contributed by atoms with E-state index >= 15 is 0 Å². The number of hydrogen-bond acceptors (Lipinski definition) is 6. The fraction of sp³-hybridized carbons (Fsp3) is 0.450. The molecule has 1 heterocycles. The molecule has 1 aromatic heterocycles. The average Bonchev–Trinajstić information content (AvgIpc) is 2.74. The van der Waals surface area contributed by atoms with Gasteiger partial charge in [0, 0.05) is 25.4 Å². The molecule has 1 aromatic carbocycles. The topological polar surface area (TPSA) is 88.2 Å². The quantitative estimate of drug-likeness (QED) is 0.573. The van der Waals surface area contributed by atoms with Gasteiger partial charge in [0.05, 0.1) is 18.4 Å². The van der Waals surface area contributed by atoms with Crippen molar-refractivity contribution in [1.29, 1.82) is 0 Å². The number of hydrogen-bond donors (Lipinski definition) is 3. The molecule has 0 unspecified atom stereocenters. The predicted molar refractivity (Wildman–Crippen MR) is 107 cm³/mol. The molecule has 3 N–H and O–H groups in total. The summed E-state index contributed by atoms with van der Waals surface area (Å²) in [5.74, 6) is -1.93. The van der Waals surface area contributed by atoms with Crippen LogP contribution in [0.25, 0.3) is 0 Å². The molecule has 0 atom stereocenters. The van der Waals surface area contributed by atoms with E-state index in [0.717, 1.165) is 38.2 Å². The lowest BCUT2D eigenvalue weighted by Gasteiger charge is -2.25. The normalized spacial score (nSPS) is 14.8. The Balaban J connectivity index is 1.96. The van der Waals surface area contributed by atoms with Crippen molar-refractivity contribution in [1.82, 2.24) is 15.3 Å². The van der Waals surface area contributed by atoms with Crippen LogP contribution in [0.1, 0.15) is 48.0 Å². The maximum atomic E-state index is 14.2. The summed E-state index contributed by atoms with van der Waals surface area (Å²) in [7, 11) is 2.64.